The first-order valence-electron chi connectivity index (χ1n) is 7.17. The zero-order valence-corrected chi connectivity index (χ0v) is 11.5. The van der Waals surface area contributed by atoms with E-state index in [-0.39, 0.29) is 5.41 Å². The molecule has 0 aromatic carbocycles. The highest BCUT2D eigenvalue weighted by Gasteiger charge is 2.29. The van der Waals surface area contributed by atoms with Crippen molar-refractivity contribution in [2.45, 2.75) is 65.2 Å². The zero-order chi connectivity index (χ0) is 12.6. The van der Waals surface area contributed by atoms with Gasteiger partial charge in [-0.25, -0.2) is 0 Å². The van der Waals surface area contributed by atoms with Crippen molar-refractivity contribution in [1.82, 2.24) is 0 Å². The minimum absolute atomic E-state index is 0.0859. The summed E-state index contributed by atoms with van der Waals surface area (Å²) in [6.07, 6.45) is 9.48. The SMILES string of the molecule is CC(C)COCCC1(C#N)CCCCCCC1. The third kappa shape index (κ3) is 5.55. The lowest BCUT2D eigenvalue weighted by Gasteiger charge is -2.28. The first-order valence-corrected chi connectivity index (χ1v) is 7.17. The average molecular weight is 237 g/mol. The molecule has 1 saturated carbocycles. The summed E-state index contributed by atoms with van der Waals surface area (Å²) in [7, 11) is 0. The van der Waals surface area contributed by atoms with E-state index in [9.17, 15) is 5.26 Å². The molecule has 0 N–H and O–H groups in total. The van der Waals surface area contributed by atoms with Crippen LogP contribution < -0.4 is 0 Å². The molecule has 0 saturated heterocycles. The maximum Gasteiger partial charge on any atom is 0.0690 e. The smallest absolute Gasteiger partial charge is 0.0690 e. The van der Waals surface area contributed by atoms with E-state index in [0.29, 0.717) is 5.92 Å². The Morgan fingerprint density at radius 3 is 2.24 bits per heavy atom. The first kappa shape index (κ1) is 14.5. The lowest BCUT2D eigenvalue weighted by Crippen LogP contribution is -2.22. The van der Waals surface area contributed by atoms with E-state index in [1.54, 1.807) is 0 Å². The van der Waals surface area contributed by atoms with Gasteiger partial charge in [-0.1, -0.05) is 46.0 Å². The van der Waals surface area contributed by atoms with Gasteiger partial charge < -0.3 is 4.74 Å². The molecule has 0 amide bonds. The van der Waals surface area contributed by atoms with Crippen molar-refractivity contribution in [3.63, 3.8) is 0 Å². The summed E-state index contributed by atoms with van der Waals surface area (Å²) < 4.78 is 5.65. The van der Waals surface area contributed by atoms with Gasteiger partial charge >= 0.3 is 0 Å². The molecule has 0 aliphatic heterocycles. The molecule has 0 unspecified atom stereocenters. The van der Waals surface area contributed by atoms with E-state index in [2.05, 4.69) is 19.9 Å². The van der Waals surface area contributed by atoms with Gasteiger partial charge in [-0.05, 0) is 25.2 Å². The van der Waals surface area contributed by atoms with Gasteiger partial charge in [-0.2, -0.15) is 5.26 Å². The zero-order valence-electron chi connectivity index (χ0n) is 11.5. The summed E-state index contributed by atoms with van der Waals surface area (Å²) in [4.78, 5) is 0. The molecule has 0 heterocycles. The van der Waals surface area contributed by atoms with Gasteiger partial charge in [-0.15, -0.1) is 0 Å². The van der Waals surface area contributed by atoms with Crippen LogP contribution in [-0.4, -0.2) is 13.2 Å². The molecule has 1 fully saturated rings. The lowest BCUT2D eigenvalue weighted by atomic mass is 9.75. The number of nitriles is 1. The summed E-state index contributed by atoms with van der Waals surface area (Å²) in [5, 5.41) is 9.46. The third-order valence-electron chi connectivity index (χ3n) is 3.72. The Morgan fingerprint density at radius 1 is 1.12 bits per heavy atom. The molecular weight excluding hydrogens is 210 g/mol. The Labute approximate surface area is 106 Å². The molecule has 2 nitrogen and oxygen atoms in total. The van der Waals surface area contributed by atoms with Crippen LogP contribution in [0.25, 0.3) is 0 Å². The average Bonchev–Trinajstić information content (AvgIpc) is 2.27. The molecule has 0 atom stereocenters. The van der Waals surface area contributed by atoms with Crippen LogP contribution in [0.2, 0.25) is 0 Å². The fourth-order valence-electron chi connectivity index (χ4n) is 2.59. The maximum atomic E-state index is 9.46. The molecule has 0 aromatic rings. The number of hydrogen-bond donors (Lipinski definition) is 0. The highest BCUT2D eigenvalue weighted by atomic mass is 16.5. The van der Waals surface area contributed by atoms with Gasteiger partial charge in [0, 0.05) is 13.2 Å². The predicted octanol–water partition coefficient (Wildman–Crippen LogP) is 4.30. The van der Waals surface area contributed by atoms with Gasteiger partial charge in [-0.3, -0.25) is 0 Å². The molecule has 98 valence electrons. The highest BCUT2D eigenvalue weighted by Crippen LogP contribution is 2.36. The highest BCUT2D eigenvalue weighted by molar-refractivity contribution is 4.99. The van der Waals surface area contributed by atoms with Crippen LogP contribution in [0.1, 0.15) is 65.2 Å². The van der Waals surface area contributed by atoms with Gasteiger partial charge in [0.2, 0.25) is 0 Å². The second-order valence-electron chi connectivity index (χ2n) is 5.88. The van der Waals surface area contributed by atoms with Crippen LogP contribution in [0.4, 0.5) is 0 Å². The van der Waals surface area contributed by atoms with Gasteiger partial charge in [0.25, 0.3) is 0 Å². The Balaban J connectivity index is 2.35. The number of rotatable bonds is 5. The van der Waals surface area contributed by atoms with Gasteiger partial charge in [0.1, 0.15) is 0 Å². The second-order valence-corrected chi connectivity index (χ2v) is 5.88. The first-order chi connectivity index (χ1) is 8.18. The molecule has 0 spiro atoms. The molecule has 17 heavy (non-hydrogen) atoms. The fourth-order valence-corrected chi connectivity index (χ4v) is 2.59. The summed E-state index contributed by atoms with van der Waals surface area (Å²) >= 11 is 0. The van der Waals surface area contributed by atoms with Crippen molar-refractivity contribution in [3.05, 3.63) is 0 Å². The van der Waals surface area contributed by atoms with Crippen LogP contribution in [-0.2, 0) is 4.74 Å². The predicted molar refractivity (Wildman–Crippen MR) is 70.6 cm³/mol. The van der Waals surface area contributed by atoms with E-state index in [4.69, 9.17) is 4.74 Å². The van der Waals surface area contributed by atoms with Crippen LogP contribution in [0.5, 0.6) is 0 Å². The van der Waals surface area contributed by atoms with Crippen LogP contribution in [0.15, 0.2) is 0 Å². The molecule has 0 aromatic heterocycles. The van der Waals surface area contributed by atoms with E-state index in [0.717, 1.165) is 32.5 Å². The van der Waals surface area contributed by atoms with E-state index < -0.39 is 0 Å². The van der Waals surface area contributed by atoms with Crippen LogP contribution in [0.3, 0.4) is 0 Å². The summed E-state index contributed by atoms with van der Waals surface area (Å²) in [5.74, 6) is 0.588. The number of hydrogen-bond acceptors (Lipinski definition) is 2. The van der Waals surface area contributed by atoms with E-state index in [1.807, 2.05) is 0 Å². The molecule has 0 radical (unpaired) electrons. The van der Waals surface area contributed by atoms with Crippen LogP contribution in [0, 0.1) is 22.7 Å². The number of ether oxygens (including phenoxy) is 1. The Morgan fingerprint density at radius 2 is 1.71 bits per heavy atom. The molecule has 1 rings (SSSR count). The molecule has 2 heteroatoms. The quantitative estimate of drug-likeness (QED) is 0.668. The van der Waals surface area contributed by atoms with E-state index >= 15 is 0 Å². The molecule has 1 aliphatic carbocycles. The second kappa shape index (κ2) is 7.71. The summed E-state index contributed by atoms with van der Waals surface area (Å²) in [6.45, 7) is 5.90. The Bertz CT molecular complexity index is 234. The summed E-state index contributed by atoms with van der Waals surface area (Å²) in [6, 6.07) is 2.59. The van der Waals surface area contributed by atoms with Gasteiger partial charge in [0.05, 0.1) is 11.5 Å². The number of nitrogens with zero attached hydrogens (tertiary/aromatic N) is 1. The standard InChI is InChI=1S/C15H27NO/c1-14(2)12-17-11-10-15(13-16)8-6-4-3-5-7-9-15/h14H,3-12H2,1-2H3. The van der Waals surface area contributed by atoms with Gasteiger partial charge in [0.15, 0.2) is 0 Å². The molecule has 1 aliphatic rings. The van der Waals surface area contributed by atoms with Crippen molar-refractivity contribution in [2.75, 3.05) is 13.2 Å². The van der Waals surface area contributed by atoms with Crippen molar-refractivity contribution in [3.8, 4) is 6.07 Å². The maximum absolute atomic E-state index is 9.46. The van der Waals surface area contributed by atoms with E-state index in [1.165, 1.54) is 32.1 Å². The molecular formula is C15H27NO. The topological polar surface area (TPSA) is 33.0 Å². The van der Waals surface area contributed by atoms with Crippen molar-refractivity contribution in [1.29, 1.82) is 5.26 Å². The minimum Gasteiger partial charge on any atom is -0.381 e. The minimum atomic E-state index is -0.0859. The monoisotopic (exact) mass is 237 g/mol. The Hall–Kier alpha value is -0.550. The summed E-state index contributed by atoms with van der Waals surface area (Å²) in [5.41, 5.74) is -0.0859. The molecule has 0 bridgehead atoms. The van der Waals surface area contributed by atoms with Crippen molar-refractivity contribution in [2.24, 2.45) is 11.3 Å². The van der Waals surface area contributed by atoms with Crippen LogP contribution >= 0.6 is 0 Å². The lowest BCUT2D eigenvalue weighted by molar-refractivity contribution is 0.0821. The van der Waals surface area contributed by atoms with Crippen molar-refractivity contribution < 1.29 is 4.74 Å². The largest absolute Gasteiger partial charge is 0.381 e. The Kier molecular flexibility index (Phi) is 6.58. The van der Waals surface area contributed by atoms with Crippen molar-refractivity contribution >= 4 is 0 Å². The third-order valence-corrected chi connectivity index (χ3v) is 3.72. The fraction of sp³-hybridized carbons (Fsp3) is 0.933. The normalized spacial score (nSPS) is 20.6.